The standard InChI is InChI=1S/C19H18N4O5S2/c1-27-13-9-7-12(8-10-13)18-21-22-19(29-18)20-17(24)16-11-23(30(2,25)26)14-5-3-4-6-15(14)28-16/h3-10,16H,11H2,1-2H3,(H,20,22,24). The predicted molar refractivity (Wildman–Crippen MR) is 114 cm³/mol. The second-order valence-corrected chi connectivity index (χ2v) is 9.38. The van der Waals surface area contributed by atoms with Gasteiger partial charge >= 0.3 is 0 Å². The summed E-state index contributed by atoms with van der Waals surface area (Å²) >= 11 is 1.20. The molecule has 11 heteroatoms. The number of amides is 1. The molecule has 1 amide bonds. The van der Waals surface area contributed by atoms with E-state index in [9.17, 15) is 13.2 Å². The zero-order chi connectivity index (χ0) is 21.3. The minimum absolute atomic E-state index is 0.133. The van der Waals surface area contributed by atoms with Gasteiger partial charge in [0.05, 0.1) is 25.6 Å². The first-order valence-corrected chi connectivity index (χ1v) is 11.5. The van der Waals surface area contributed by atoms with Gasteiger partial charge in [-0.3, -0.25) is 14.4 Å². The highest BCUT2D eigenvalue weighted by Gasteiger charge is 2.35. The highest BCUT2D eigenvalue weighted by Crippen LogP contribution is 2.35. The molecular formula is C19H18N4O5S2. The number of hydrogen-bond donors (Lipinski definition) is 1. The van der Waals surface area contributed by atoms with E-state index >= 15 is 0 Å². The number of fused-ring (bicyclic) bond motifs is 1. The maximum Gasteiger partial charge on any atom is 0.269 e. The summed E-state index contributed by atoms with van der Waals surface area (Å²) in [5.74, 6) is 0.544. The molecule has 3 aromatic rings. The third-order valence-electron chi connectivity index (χ3n) is 4.42. The van der Waals surface area contributed by atoms with Gasteiger partial charge in [0.1, 0.15) is 16.5 Å². The molecule has 0 saturated carbocycles. The fourth-order valence-corrected chi connectivity index (χ4v) is 4.63. The Hall–Kier alpha value is -3.18. The van der Waals surface area contributed by atoms with Crippen LogP contribution in [-0.4, -0.2) is 50.5 Å². The number of rotatable bonds is 5. The lowest BCUT2D eigenvalue weighted by Gasteiger charge is -2.33. The third-order valence-corrected chi connectivity index (χ3v) is 6.45. The summed E-state index contributed by atoms with van der Waals surface area (Å²) in [6.07, 6.45) is 0.0682. The van der Waals surface area contributed by atoms with Crippen molar-refractivity contribution < 1.29 is 22.7 Å². The Morgan fingerprint density at radius 2 is 1.93 bits per heavy atom. The van der Waals surface area contributed by atoms with E-state index in [-0.39, 0.29) is 6.54 Å². The van der Waals surface area contributed by atoms with Crippen LogP contribution in [0.1, 0.15) is 0 Å². The quantitative estimate of drug-likeness (QED) is 0.641. The molecular weight excluding hydrogens is 428 g/mol. The zero-order valence-corrected chi connectivity index (χ0v) is 17.7. The van der Waals surface area contributed by atoms with Gasteiger partial charge in [0, 0.05) is 5.56 Å². The van der Waals surface area contributed by atoms with E-state index in [2.05, 4.69) is 15.5 Å². The van der Waals surface area contributed by atoms with Crippen LogP contribution in [0, 0.1) is 0 Å². The molecule has 1 N–H and O–H groups in total. The first-order valence-electron chi connectivity index (χ1n) is 8.87. The van der Waals surface area contributed by atoms with Crippen molar-refractivity contribution in [2.24, 2.45) is 0 Å². The lowest BCUT2D eigenvalue weighted by molar-refractivity contribution is -0.122. The molecule has 0 bridgehead atoms. The van der Waals surface area contributed by atoms with Gasteiger partial charge in [-0.15, -0.1) is 10.2 Å². The smallest absolute Gasteiger partial charge is 0.269 e. The van der Waals surface area contributed by atoms with Crippen LogP contribution in [0.4, 0.5) is 10.8 Å². The first-order chi connectivity index (χ1) is 14.3. The molecule has 0 aliphatic carbocycles. The fraction of sp³-hybridized carbons (Fsp3) is 0.211. The van der Waals surface area contributed by atoms with E-state index < -0.39 is 22.0 Å². The summed E-state index contributed by atoms with van der Waals surface area (Å²) in [6, 6.07) is 14.0. The second kappa shape index (κ2) is 7.92. The minimum Gasteiger partial charge on any atom is -0.497 e. The summed E-state index contributed by atoms with van der Waals surface area (Å²) < 4.78 is 36.4. The van der Waals surface area contributed by atoms with E-state index in [4.69, 9.17) is 9.47 Å². The molecule has 156 valence electrons. The van der Waals surface area contributed by atoms with Crippen LogP contribution in [0.5, 0.6) is 11.5 Å². The number of carbonyl (C=O) groups excluding carboxylic acids is 1. The maximum absolute atomic E-state index is 12.7. The number of ether oxygens (including phenoxy) is 2. The highest BCUT2D eigenvalue weighted by molar-refractivity contribution is 7.92. The van der Waals surface area contributed by atoms with Crippen LogP contribution in [-0.2, 0) is 14.8 Å². The van der Waals surface area contributed by atoms with E-state index in [1.807, 2.05) is 24.3 Å². The van der Waals surface area contributed by atoms with Gasteiger partial charge in [0.2, 0.25) is 15.2 Å². The van der Waals surface area contributed by atoms with Crippen molar-refractivity contribution in [3.05, 3.63) is 48.5 Å². The van der Waals surface area contributed by atoms with Gasteiger partial charge in [-0.05, 0) is 36.4 Å². The van der Waals surface area contributed by atoms with Crippen LogP contribution in [0.2, 0.25) is 0 Å². The monoisotopic (exact) mass is 446 g/mol. The maximum atomic E-state index is 12.7. The molecule has 1 aliphatic heterocycles. The van der Waals surface area contributed by atoms with Crippen molar-refractivity contribution in [1.82, 2.24) is 10.2 Å². The first kappa shape index (κ1) is 20.1. The van der Waals surface area contributed by atoms with Crippen molar-refractivity contribution in [3.8, 4) is 22.1 Å². The molecule has 9 nitrogen and oxygen atoms in total. The fourth-order valence-electron chi connectivity index (χ4n) is 2.96. The number of aromatic nitrogens is 2. The van der Waals surface area contributed by atoms with E-state index in [0.29, 0.717) is 21.6 Å². The van der Waals surface area contributed by atoms with Gasteiger partial charge in [-0.25, -0.2) is 8.42 Å². The number of anilines is 2. The Morgan fingerprint density at radius 3 is 2.63 bits per heavy atom. The molecule has 0 radical (unpaired) electrons. The Bertz CT molecular complexity index is 1180. The number of nitrogens with one attached hydrogen (secondary N) is 1. The zero-order valence-electron chi connectivity index (χ0n) is 16.1. The molecule has 0 spiro atoms. The Kier molecular flexibility index (Phi) is 5.31. The van der Waals surface area contributed by atoms with Gasteiger partial charge in [0.15, 0.2) is 6.10 Å². The molecule has 0 saturated heterocycles. The van der Waals surface area contributed by atoms with Crippen molar-refractivity contribution in [1.29, 1.82) is 0 Å². The van der Waals surface area contributed by atoms with Crippen LogP contribution in [0.25, 0.3) is 10.6 Å². The topological polar surface area (TPSA) is 111 Å². The largest absolute Gasteiger partial charge is 0.497 e. The summed E-state index contributed by atoms with van der Waals surface area (Å²) in [5, 5.41) is 11.7. The molecule has 0 fully saturated rings. The molecule has 30 heavy (non-hydrogen) atoms. The highest BCUT2D eigenvalue weighted by atomic mass is 32.2. The van der Waals surface area contributed by atoms with Gasteiger partial charge < -0.3 is 9.47 Å². The predicted octanol–water partition coefficient (Wildman–Crippen LogP) is 2.38. The number of benzene rings is 2. The van der Waals surface area contributed by atoms with Crippen molar-refractivity contribution in [3.63, 3.8) is 0 Å². The lowest BCUT2D eigenvalue weighted by atomic mass is 10.2. The van der Waals surface area contributed by atoms with E-state index in [1.165, 1.54) is 15.6 Å². The number of para-hydroxylation sites is 2. The van der Waals surface area contributed by atoms with Crippen LogP contribution in [0.15, 0.2) is 48.5 Å². The number of sulfonamides is 1. The Balaban J connectivity index is 1.51. The van der Waals surface area contributed by atoms with Gasteiger partial charge in [-0.2, -0.15) is 0 Å². The Morgan fingerprint density at radius 1 is 1.20 bits per heavy atom. The average Bonchev–Trinajstić information content (AvgIpc) is 3.20. The van der Waals surface area contributed by atoms with Crippen molar-refractivity contribution in [2.75, 3.05) is 29.5 Å². The van der Waals surface area contributed by atoms with Crippen LogP contribution >= 0.6 is 11.3 Å². The lowest BCUT2D eigenvalue weighted by Crippen LogP contribution is -2.48. The molecule has 1 aromatic heterocycles. The van der Waals surface area contributed by atoms with E-state index in [1.54, 1.807) is 31.4 Å². The third kappa shape index (κ3) is 4.07. The number of nitrogens with zero attached hydrogens (tertiary/aromatic N) is 3. The molecule has 1 aliphatic rings. The Labute approximate surface area is 177 Å². The second-order valence-electron chi connectivity index (χ2n) is 6.50. The van der Waals surface area contributed by atoms with Crippen molar-refractivity contribution >= 4 is 38.1 Å². The number of carbonyl (C=O) groups is 1. The van der Waals surface area contributed by atoms with E-state index in [0.717, 1.165) is 17.6 Å². The molecule has 1 atom stereocenters. The summed E-state index contributed by atoms with van der Waals surface area (Å²) in [4.78, 5) is 12.7. The summed E-state index contributed by atoms with van der Waals surface area (Å²) in [5.41, 5.74) is 1.24. The molecule has 2 heterocycles. The molecule has 4 rings (SSSR count). The average molecular weight is 447 g/mol. The number of hydrogen-bond acceptors (Lipinski definition) is 8. The van der Waals surface area contributed by atoms with Gasteiger partial charge in [-0.1, -0.05) is 23.5 Å². The van der Waals surface area contributed by atoms with Gasteiger partial charge in [0.25, 0.3) is 5.91 Å². The normalized spacial score (nSPS) is 15.8. The molecule has 1 unspecified atom stereocenters. The van der Waals surface area contributed by atoms with Crippen LogP contribution < -0.4 is 19.1 Å². The van der Waals surface area contributed by atoms with Crippen molar-refractivity contribution in [2.45, 2.75) is 6.10 Å². The number of methoxy groups -OCH3 is 1. The minimum atomic E-state index is -3.58. The summed E-state index contributed by atoms with van der Waals surface area (Å²) in [7, 11) is -1.99. The van der Waals surface area contributed by atoms with Crippen LogP contribution in [0.3, 0.4) is 0 Å². The summed E-state index contributed by atoms with van der Waals surface area (Å²) in [6.45, 7) is -0.133. The molecule has 2 aromatic carbocycles. The SMILES string of the molecule is COc1ccc(-c2nnc(NC(=O)C3CN(S(C)(=O)=O)c4ccccc4O3)s2)cc1.